The molecule has 1 fully saturated rings. The molecule has 0 aromatic heterocycles. The lowest BCUT2D eigenvalue weighted by molar-refractivity contribution is 0.177. The minimum absolute atomic E-state index is 0.133. The van der Waals surface area contributed by atoms with Gasteiger partial charge < -0.3 is 10.1 Å². The summed E-state index contributed by atoms with van der Waals surface area (Å²) in [5.41, 5.74) is 0.427. The number of hydrogen-bond donors (Lipinski definition) is 1. The summed E-state index contributed by atoms with van der Waals surface area (Å²) in [7, 11) is 1.85. The molecule has 1 saturated heterocycles. The van der Waals surface area contributed by atoms with E-state index in [1.807, 2.05) is 7.05 Å². The van der Waals surface area contributed by atoms with Crippen LogP contribution in [-0.4, -0.2) is 26.3 Å². The fourth-order valence-corrected chi connectivity index (χ4v) is 2.32. The van der Waals surface area contributed by atoms with Crippen molar-refractivity contribution < 1.29 is 13.5 Å². The number of likely N-dealkylation sites (N-methyl/N-ethyl adjacent to an activating group) is 1. The standard InChI is InChI=1S/C13H17F2NO/c1-16-12(10-5-6-17-8-10)7-9-3-2-4-11(14)13(9)15/h2-4,10,12,16H,5-8H2,1H3. The average Bonchev–Trinajstić information content (AvgIpc) is 2.85. The highest BCUT2D eigenvalue weighted by Crippen LogP contribution is 2.21. The van der Waals surface area contributed by atoms with Crippen LogP contribution in [0.4, 0.5) is 8.78 Å². The van der Waals surface area contributed by atoms with Crippen molar-refractivity contribution >= 4 is 0 Å². The van der Waals surface area contributed by atoms with Crippen LogP contribution >= 0.6 is 0 Å². The molecule has 94 valence electrons. The third-order valence-electron chi connectivity index (χ3n) is 3.38. The molecule has 1 heterocycles. The summed E-state index contributed by atoms with van der Waals surface area (Å²) in [5, 5.41) is 3.17. The van der Waals surface area contributed by atoms with Crippen LogP contribution in [0.15, 0.2) is 18.2 Å². The molecular formula is C13H17F2NO. The summed E-state index contributed by atoms with van der Waals surface area (Å²) in [5.74, 6) is -1.13. The van der Waals surface area contributed by atoms with Crippen LogP contribution in [-0.2, 0) is 11.2 Å². The predicted octanol–water partition coefficient (Wildman–Crippen LogP) is 2.13. The van der Waals surface area contributed by atoms with Gasteiger partial charge in [-0.1, -0.05) is 12.1 Å². The summed E-state index contributed by atoms with van der Waals surface area (Å²) in [6, 6.07) is 4.46. The van der Waals surface area contributed by atoms with Gasteiger partial charge in [-0.15, -0.1) is 0 Å². The van der Waals surface area contributed by atoms with Gasteiger partial charge in [0.25, 0.3) is 0 Å². The molecule has 4 heteroatoms. The number of hydrogen-bond acceptors (Lipinski definition) is 2. The number of benzene rings is 1. The van der Waals surface area contributed by atoms with Gasteiger partial charge in [0.05, 0.1) is 6.61 Å². The van der Waals surface area contributed by atoms with E-state index in [-0.39, 0.29) is 6.04 Å². The molecule has 0 amide bonds. The Labute approximate surface area is 100.0 Å². The quantitative estimate of drug-likeness (QED) is 0.872. The van der Waals surface area contributed by atoms with Crippen molar-refractivity contribution in [2.24, 2.45) is 5.92 Å². The molecule has 0 radical (unpaired) electrons. The Morgan fingerprint density at radius 3 is 2.94 bits per heavy atom. The lowest BCUT2D eigenvalue weighted by Gasteiger charge is -2.22. The molecule has 2 nitrogen and oxygen atoms in total. The zero-order valence-corrected chi connectivity index (χ0v) is 9.88. The van der Waals surface area contributed by atoms with Crippen LogP contribution in [0.5, 0.6) is 0 Å². The summed E-state index contributed by atoms with van der Waals surface area (Å²) < 4.78 is 32.0. The van der Waals surface area contributed by atoms with Crippen molar-refractivity contribution in [1.82, 2.24) is 5.32 Å². The van der Waals surface area contributed by atoms with Gasteiger partial charge in [-0.2, -0.15) is 0 Å². The van der Waals surface area contributed by atoms with Crippen LogP contribution in [0.25, 0.3) is 0 Å². The molecule has 0 spiro atoms. The molecular weight excluding hydrogens is 224 g/mol. The first kappa shape index (κ1) is 12.5. The van der Waals surface area contributed by atoms with E-state index < -0.39 is 11.6 Å². The molecule has 1 aliphatic heterocycles. The molecule has 0 bridgehead atoms. The maximum atomic E-state index is 13.6. The summed E-state index contributed by atoms with van der Waals surface area (Å²) >= 11 is 0. The molecule has 2 rings (SSSR count). The van der Waals surface area contributed by atoms with Crippen LogP contribution in [0.1, 0.15) is 12.0 Å². The van der Waals surface area contributed by atoms with E-state index in [4.69, 9.17) is 4.74 Å². The van der Waals surface area contributed by atoms with Crippen molar-refractivity contribution in [3.63, 3.8) is 0 Å². The minimum atomic E-state index is -0.778. The highest BCUT2D eigenvalue weighted by Gasteiger charge is 2.25. The molecule has 2 atom stereocenters. The summed E-state index contributed by atoms with van der Waals surface area (Å²) in [6.07, 6.45) is 1.47. The zero-order valence-electron chi connectivity index (χ0n) is 9.88. The van der Waals surface area contributed by atoms with Gasteiger partial charge in [0.2, 0.25) is 0 Å². The maximum Gasteiger partial charge on any atom is 0.162 e. The van der Waals surface area contributed by atoms with E-state index in [0.29, 0.717) is 24.5 Å². The minimum Gasteiger partial charge on any atom is -0.381 e. The Hall–Kier alpha value is -1.00. The Morgan fingerprint density at radius 2 is 2.29 bits per heavy atom. The van der Waals surface area contributed by atoms with Gasteiger partial charge in [-0.05, 0) is 31.5 Å². The van der Waals surface area contributed by atoms with Crippen molar-refractivity contribution in [2.45, 2.75) is 18.9 Å². The highest BCUT2D eigenvalue weighted by molar-refractivity contribution is 5.20. The van der Waals surface area contributed by atoms with E-state index >= 15 is 0 Å². The Morgan fingerprint density at radius 1 is 1.47 bits per heavy atom. The lowest BCUT2D eigenvalue weighted by Crippen LogP contribution is -2.36. The molecule has 1 aromatic carbocycles. The summed E-state index contributed by atoms with van der Waals surface area (Å²) in [4.78, 5) is 0. The molecule has 0 saturated carbocycles. The largest absolute Gasteiger partial charge is 0.381 e. The number of rotatable bonds is 4. The second kappa shape index (κ2) is 5.56. The van der Waals surface area contributed by atoms with E-state index in [2.05, 4.69) is 5.32 Å². The molecule has 1 aliphatic rings. The van der Waals surface area contributed by atoms with Crippen molar-refractivity contribution in [2.75, 3.05) is 20.3 Å². The first-order valence-electron chi connectivity index (χ1n) is 5.90. The first-order chi connectivity index (χ1) is 8.22. The smallest absolute Gasteiger partial charge is 0.162 e. The lowest BCUT2D eigenvalue weighted by atomic mass is 9.93. The topological polar surface area (TPSA) is 21.3 Å². The fraction of sp³-hybridized carbons (Fsp3) is 0.538. The van der Waals surface area contributed by atoms with E-state index in [1.165, 1.54) is 0 Å². The second-order valence-corrected chi connectivity index (χ2v) is 4.44. The third-order valence-corrected chi connectivity index (χ3v) is 3.38. The first-order valence-corrected chi connectivity index (χ1v) is 5.90. The Balaban J connectivity index is 2.09. The molecule has 17 heavy (non-hydrogen) atoms. The van der Waals surface area contributed by atoms with Crippen molar-refractivity contribution in [3.05, 3.63) is 35.4 Å². The van der Waals surface area contributed by atoms with Crippen molar-refractivity contribution in [1.29, 1.82) is 0 Å². The van der Waals surface area contributed by atoms with E-state index in [1.54, 1.807) is 12.1 Å². The Kier molecular flexibility index (Phi) is 4.07. The van der Waals surface area contributed by atoms with Gasteiger partial charge in [0.1, 0.15) is 0 Å². The summed E-state index contributed by atoms with van der Waals surface area (Å²) in [6.45, 7) is 1.46. The van der Waals surface area contributed by atoms with Gasteiger partial charge in [0.15, 0.2) is 11.6 Å². The maximum absolute atomic E-state index is 13.6. The van der Waals surface area contributed by atoms with Crippen LogP contribution < -0.4 is 5.32 Å². The van der Waals surface area contributed by atoms with Gasteiger partial charge in [-0.3, -0.25) is 0 Å². The Bertz CT molecular complexity index is 378. The van der Waals surface area contributed by atoms with Gasteiger partial charge >= 0.3 is 0 Å². The molecule has 1 aromatic rings. The monoisotopic (exact) mass is 241 g/mol. The van der Waals surface area contributed by atoms with E-state index in [9.17, 15) is 8.78 Å². The van der Waals surface area contributed by atoms with Crippen molar-refractivity contribution in [3.8, 4) is 0 Å². The average molecular weight is 241 g/mol. The molecule has 1 N–H and O–H groups in total. The molecule has 0 aliphatic carbocycles. The van der Waals surface area contributed by atoms with E-state index in [0.717, 1.165) is 19.1 Å². The van der Waals surface area contributed by atoms with Crippen LogP contribution in [0.2, 0.25) is 0 Å². The highest BCUT2D eigenvalue weighted by atomic mass is 19.2. The fourth-order valence-electron chi connectivity index (χ4n) is 2.32. The number of nitrogens with one attached hydrogen (secondary N) is 1. The second-order valence-electron chi connectivity index (χ2n) is 4.44. The van der Waals surface area contributed by atoms with Crippen LogP contribution in [0, 0.1) is 17.6 Å². The number of halogens is 2. The van der Waals surface area contributed by atoms with Crippen LogP contribution in [0.3, 0.4) is 0 Å². The normalized spacial score (nSPS) is 21.7. The predicted molar refractivity (Wildman–Crippen MR) is 61.8 cm³/mol. The SMILES string of the molecule is CNC(Cc1cccc(F)c1F)C1CCOC1. The zero-order chi connectivity index (χ0) is 12.3. The molecule has 2 unspecified atom stereocenters. The number of ether oxygens (including phenoxy) is 1. The third kappa shape index (κ3) is 2.82. The van der Waals surface area contributed by atoms with Gasteiger partial charge in [-0.25, -0.2) is 8.78 Å². The van der Waals surface area contributed by atoms with Gasteiger partial charge in [0, 0.05) is 18.6 Å².